The predicted molar refractivity (Wildman–Crippen MR) is 67.7 cm³/mol. The van der Waals surface area contributed by atoms with Gasteiger partial charge in [0.15, 0.2) is 0 Å². The summed E-state index contributed by atoms with van der Waals surface area (Å²) in [5.74, 6) is 3.24. The van der Waals surface area contributed by atoms with Crippen molar-refractivity contribution in [1.29, 1.82) is 5.26 Å². The number of nitrogens with zero attached hydrogens (tertiary/aromatic N) is 2. The van der Waals surface area contributed by atoms with Gasteiger partial charge in [-0.25, -0.2) is 4.98 Å². The van der Waals surface area contributed by atoms with E-state index in [1.165, 1.54) is 18.6 Å². The average Bonchev–Trinajstić information content (AvgIpc) is 2.29. The van der Waals surface area contributed by atoms with E-state index in [-0.39, 0.29) is 0 Å². The van der Waals surface area contributed by atoms with Crippen LogP contribution in [0, 0.1) is 18.3 Å². The van der Waals surface area contributed by atoms with Crippen LogP contribution in [0.25, 0.3) is 0 Å². The van der Waals surface area contributed by atoms with Crippen LogP contribution in [-0.4, -0.2) is 22.5 Å². The molecule has 0 amide bonds. The van der Waals surface area contributed by atoms with Crippen LogP contribution in [0.5, 0.6) is 0 Å². The molecule has 3 nitrogen and oxygen atoms in total. The molecule has 1 fully saturated rings. The van der Waals surface area contributed by atoms with Gasteiger partial charge in [-0.15, -0.1) is 0 Å². The van der Waals surface area contributed by atoms with Crippen LogP contribution in [0.3, 0.4) is 0 Å². The Kier molecular flexibility index (Phi) is 3.68. The fourth-order valence-electron chi connectivity index (χ4n) is 1.87. The minimum atomic E-state index is 0.500. The molecule has 2 rings (SSSR count). The number of nitrogens with one attached hydrogen (secondary N) is 1. The Balaban J connectivity index is 2.08. The molecule has 1 unspecified atom stereocenters. The summed E-state index contributed by atoms with van der Waals surface area (Å²) in [6.07, 6.45) is 2.46. The first-order valence-electron chi connectivity index (χ1n) is 5.51. The van der Waals surface area contributed by atoms with Crippen molar-refractivity contribution in [3.63, 3.8) is 0 Å². The van der Waals surface area contributed by atoms with Crippen molar-refractivity contribution < 1.29 is 0 Å². The minimum Gasteiger partial charge on any atom is -0.366 e. The van der Waals surface area contributed by atoms with E-state index in [1.807, 2.05) is 24.8 Å². The second-order valence-corrected chi connectivity index (χ2v) is 5.20. The van der Waals surface area contributed by atoms with Crippen LogP contribution < -0.4 is 5.32 Å². The lowest BCUT2D eigenvalue weighted by molar-refractivity contribution is 0.682. The molecule has 1 N–H and O–H groups in total. The van der Waals surface area contributed by atoms with Crippen LogP contribution in [-0.2, 0) is 0 Å². The zero-order valence-electron chi connectivity index (χ0n) is 9.36. The summed E-state index contributed by atoms with van der Waals surface area (Å²) < 4.78 is 0. The Morgan fingerprint density at radius 2 is 2.44 bits per heavy atom. The Hall–Kier alpha value is -1.21. The SMILES string of the molecule is Cc1cc(C#N)cc(NC2CCCSC2)n1. The summed E-state index contributed by atoms with van der Waals surface area (Å²) in [5, 5.41) is 12.3. The van der Waals surface area contributed by atoms with Gasteiger partial charge < -0.3 is 5.32 Å². The first-order chi connectivity index (χ1) is 7.78. The van der Waals surface area contributed by atoms with Gasteiger partial charge in [-0.3, -0.25) is 0 Å². The Morgan fingerprint density at radius 1 is 1.56 bits per heavy atom. The van der Waals surface area contributed by atoms with Crippen molar-refractivity contribution in [3.8, 4) is 6.07 Å². The van der Waals surface area contributed by atoms with Gasteiger partial charge in [0, 0.05) is 17.5 Å². The molecule has 1 aliphatic rings. The fraction of sp³-hybridized carbons (Fsp3) is 0.500. The number of aromatic nitrogens is 1. The molecule has 1 aliphatic heterocycles. The maximum absolute atomic E-state index is 8.88. The third kappa shape index (κ3) is 2.89. The Labute approximate surface area is 100 Å². The van der Waals surface area contributed by atoms with Gasteiger partial charge >= 0.3 is 0 Å². The minimum absolute atomic E-state index is 0.500. The van der Waals surface area contributed by atoms with Crippen LogP contribution in [0.15, 0.2) is 12.1 Å². The molecule has 0 radical (unpaired) electrons. The Bertz CT molecular complexity index is 405. The normalized spacial score (nSPS) is 20.1. The van der Waals surface area contributed by atoms with Crippen molar-refractivity contribution in [1.82, 2.24) is 4.98 Å². The van der Waals surface area contributed by atoms with Gasteiger partial charge in [-0.1, -0.05) is 0 Å². The van der Waals surface area contributed by atoms with E-state index in [0.717, 1.165) is 17.3 Å². The zero-order valence-corrected chi connectivity index (χ0v) is 10.2. The molecule has 16 heavy (non-hydrogen) atoms. The van der Waals surface area contributed by atoms with E-state index in [1.54, 1.807) is 6.07 Å². The Morgan fingerprint density at radius 3 is 3.12 bits per heavy atom. The molecule has 0 aromatic carbocycles. The lowest BCUT2D eigenvalue weighted by Crippen LogP contribution is -2.26. The highest BCUT2D eigenvalue weighted by atomic mass is 32.2. The highest BCUT2D eigenvalue weighted by Crippen LogP contribution is 2.20. The summed E-state index contributed by atoms with van der Waals surface area (Å²) in [6.45, 7) is 1.92. The lowest BCUT2D eigenvalue weighted by Gasteiger charge is -2.23. The predicted octanol–water partition coefficient (Wildman–Crippen LogP) is 2.57. The summed E-state index contributed by atoms with van der Waals surface area (Å²) in [6, 6.07) is 6.29. The van der Waals surface area contributed by atoms with Crippen molar-refractivity contribution in [2.45, 2.75) is 25.8 Å². The van der Waals surface area contributed by atoms with Crippen molar-refractivity contribution in [3.05, 3.63) is 23.4 Å². The summed E-state index contributed by atoms with van der Waals surface area (Å²) in [7, 11) is 0. The first-order valence-corrected chi connectivity index (χ1v) is 6.66. The number of hydrogen-bond acceptors (Lipinski definition) is 4. The number of nitriles is 1. The van der Waals surface area contributed by atoms with Gasteiger partial charge in [-0.05, 0) is 37.7 Å². The van der Waals surface area contributed by atoms with Crippen molar-refractivity contribution in [2.24, 2.45) is 0 Å². The number of thioether (sulfide) groups is 1. The summed E-state index contributed by atoms with van der Waals surface area (Å²) in [4.78, 5) is 4.40. The quantitative estimate of drug-likeness (QED) is 0.853. The smallest absolute Gasteiger partial charge is 0.127 e. The molecular weight excluding hydrogens is 218 g/mol. The molecule has 0 bridgehead atoms. The summed E-state index contributed by atoms with van der Waals surface area (Å²) in [5.41, 5.74) is 1.57. The molecule has 1 aromatic rings. The number of rotatable bonds is 2. The molecule has 0 spiro atoms. The highest BCUT2D eigenvalue weighted by molar-refractivity contribution is 7.99. The molecule has 84 valence electrons. The topological polar surface area (TPSA) is 48.7 Å². The molecule has 1 atom stereocenters. The fourth-order valence-corrected chi connectivity index (χ4v) is 2.94. The second-order valence-electron chi connectivity index (χ2n) is 4.05. The monoisotopic (exact) mass is 233 g/mol. The van der Waals surface area contributed by atoms with E-state index >= 15 is 0 Å². The van der Waals surface area contributed by atoms with Crippen LogP contribution in [0.2, 0.25) is 0 Å². The molecule has 0 saturated carbocycles. The summed E-state index contributed by atoms with van der Waals surface area (Å²) >= 11 is 1.98. The van der Waals surface area contributed by atoms with Gasteiger partial charge in [0.05, 0.1) is 11.6 Å². The standard InChI is InChI=1S/C12H15N3S/c1-9-5-10(7-13)6-12(14-9)15-11-3-2-4-16-8-11/h5-6,11H,2-4,8H2,1H3,(H,14,15). The second kappa shape index (κ2) is 5.22. The largest absolute Gasteiger partial charge is 0.366 e. The van der Waals surface area contributed by atoms with Gasteiger partial charge in [0.25, 0.3) is 0 Å². The molecule has 1 aromatic heterocycles. The van der Waals surface area contributed by atoms with Crippen LogP contribution in [0.1, 0.15) is 24.1 Å². The maximum Gasteiger partial charge on any atom is 0.127 e. The van der Waals surface area contributed by atoms with Gasteiger partial charge in [0.2, 0.25) is 0 Å². The van der Waals surface area contributed by atoms with E-state index in [2.05, 4.69) is 16.4 Å². The average molecular weight is 233 g/mol. The van der Waals surface area contributed by atoms with E-state index < -0.39 is 0 Å². The molecule has 1 saturated heterocycles. The number of aryl methyl sites for hydroxylation is 1. The molecule has 2 heterocycles. The van der Waals surface area contributed by atoms with E-state index in [9.17, 15) is 0 Å². The number of hydrogen-bond donors (Lipinski definition) is 1. The van der Waals surface area contributed by atoms with Crippen LogP contribution >= 0.6 is 11.8 Å². The van der Waals surface area contributed by atoms with E-state index in [0.29, 0.717) is 11.6 Å². The van der Waals surface area contributed by atoms with Crippen molar-refractivity contribution >= 4 is 17.6 Å². The number of pyridine rings is 1. The van der Waals surface area contributed by atoms with E-state index in [4.69, 9.17) is 5.26 Å². The molecular formula is C12H15N3S. The molecule has 0 aliphatic carbocycles. The van der Waals surface area contributed by atoms with Crippen molar-refractivity contribution in [2.75, 3.05) is 16.8 Å². The van der Waals surface area contributed by atoms with Gasteiger partial charge in [-0.2, -0.15) is 17.0 Å². The zero-order chi connectivity index (χ0) is 11.4. The van der Waals surface area contributed by atoms with Gasteiger partial charge in [0.1, 0.15) is 5.82 Å². The lowest BCUT2D eigenvalue weighted by atomic mass is 10.2. The highest BCUT2D eigenvalue weighted by Gasteiger charge is 2.14. The third-order valence-corrected chi connectivity index (χ3v) is 3.81. The first kappa shape index (κ1) is 11.3. The molecule has 4 heteroatoms. The third-order valence-electron chi connectivity index (χ3n) is 2.59. The number of anilines is 1. The van der Waals surface area contributed by atoms with Crippen LogP contribution in [0.4, 0.5) is 5.82 Å². The maximum atomic E-state index is 8.88.